The molecular weight excluding hydrogens is 412 g/mol. The van der Waals surface area contributed by atoms with Gasteiger partial charge in [0.25, 0.3) is 0 Å². The number of hydrogen-bond donors (Lipinski definition) is 6. The molecular formula is C24H40N2O6. The smallest absolute Gasteiger partial charge is 0.335 e. The Bertz CT molecular complexity index is 653. The van der Waals surface area contributed by atoms with Crippen LogP contribution in [0, 0.1) is 11.8 Å². The molecule has 0 aliphatic heterocycles. The SMILES string of the molecule is C=C(C)C1CC=C(CN)CC1.C=C(C)C1CC=C(CN)CC1.O=C(O)C(O)C(O)C(=O)O. The minimum Gasteiger partial charge on any atom is -0.479 e. The van der Waals surface area contributed by atoms with Crippen LogP contribution in [0.5, 0.6) is 0 Å². The first kappa shape index (κ1) is 29.7. The summed E-state index contributed by atoms with van der Waals surface area (Å²) in [7, 11) is 0. The Morgan fingerprint density at radius 2 is 1.19 bits per heavy atom. The maximum atomic E-state index is 9.77. The first-order valence-electron chi connectivity index (χ1n) is 10.8. The van der Waals surface area contributed by atoms with Gasteiger partial charge >= 0.3 is 11.9 Å². The van der Waals surface area contributed by atoms with E-state index in [0.717, 1.165) is 25.9 Å². The number of aliphatic hydroxyl groups excluding tert-OH is 2. The summed E-state index contributed by atoms with van der Waals surface area (Å²) in [4.78, 5) is 19.5. The van der Waals surface area contributed by atoms with Gasteiger partial charge in [-0.2, -0.15) is 0 Å². The standard InChI is InChI=1S/2C10H17N.C4H6O6/c2*1-8(2)10-5-3-9(7-11)4-6-10;5-1(3(7)8)2(6)4(9)10/h2*3,10H,1,4-7,11H2,2H3;1-2,5-6H,(H,7,8)(H,9,10). The van der Waals surface area contributed by atoms with E-state index < -0.39 is 24.1 Å². The Morgan fingerprint density at radius 3 is 1.34 bits per heavy atom. The van der Waals surface area contributed by atoms with Crippen LogP contribution in [0.4, 0.5) is 0 Å². The molecule has 4 atom stereocenters. The molecule has 8 N–H and O–H groups in total. The minimum atomic E-state index is -2.27. The van der Waals surface area contributed by atoms with Crippen molar-refractivity contribution in [1.29, 1.82) is 0 Å². The largest absolute Gasteiger partial charge is 0.479 e. The Labute approximate surface area is 191 Å². The molecule has 0 saturated heterocycles. The average Bonchev–Trinajstić information content (AvgIpc) is 2.78. The Balaban J connectivity index is 0.000000452. The number of carboxylic acid groups (broad SMARTS) is 2. The summed E-state index contributed by atoms with van der Waals surface area (Å²) in [5.41, 5.74) is 16.5. The highest BCUT2D eigenvalue weighted by Gasteiger charge is 2.29. The number of rotatable bonds is 7. The van der Waals surface area contributed by atoms with Gasteiger partial charge in [-0.15, -0.1) is 0 Å². The lowest BCUT2D eigenvalue weighted by Crippen LogP contribution is -2.39. The zero-order valence-corrected chi connectivity index (χ0v) is 19.3. The second-order valence-electron chi connectivity index (χ2n) is 8.33. The second-order valence-corrected chi connectivity index (χ2v) is 8.33. The fourth-order valence-corrected chi connectivity index (χ4v) is 3.31. The molecule has 0 aromatic heterocycles. The van der Waals surface area contributed by atoms with E-state index in [2.05, 4.69) is 39.2 Å². The summed E-state index contributed by atoms with van der Waals surface area (Å²) in [6, 6.07) is 0. The van der Waals surface area contributed by atoms with E-state index >= 15 is 0 Å². The summed E-state index contributed by atoms with van der Waals surface area (Å²) in [5.74, 6) is -2.11. The van der Waals surface area contributed by atoms with Gasteiger partial charge in [0.15, 0.2) is 12.2 Å². The predicted molar refractivity (Wildman–Crippen MR) is 126 cm³/mol. The van der Waals surface area contributed by atoms with E-state index in [0.29, 0.717) is 11.8 Å². The van der Waals surface area contributed by atoms with Crippen LogP contribution in [0.3, 0.4) is 0 Å². The fourth-order valence-electron chi connectivity index (χ4n) is 3.31. The van der Waals surface area contributed by atoms with Crippen molar-refractivity contribution in [1.82, 2.24) is 0 Å². The Kier molecular flexibility index (Phi) is 14.4. The molecule has 0 aromatic carbocycles. The monoisotopic (exact) mass is 452 g/mol. The van der Waals surface area contributed by atoms with Gasteiger partial charge in [0.1, 0.15) is 0 Å². The summed E-state index contributed by atoms with van der Waals surface area (Å²) in [5, 5.41) is 32.5. The van der Waals surface area contributed by atoms with Gasteiger partial charge in [-0.1, -0.05) is 47.6 Å². The van der Waals surface area contributed by atoms with Crippen LogP contribution in [0.25, 0.3) is 0 Å². The third-order valence-corrected chi connectivity index (χ3v) is 5.73. The van der Waals surface area contributed by atoms with Gasteiger partial charge in [0.05, 0.1) is 0 Å². The summed E-state index contributed by atoms with van der Waals surface area (Å²) >= 11 is 0. The highest BCUT2D eigenvalue weighted by atomic mass is 16.4. The normalized spacial score (nSPS) is 21.8. The Morgan fingerprint density at radius 1 is 0.875 bits per heavy atom. The molecule has 32 heavy (non-hydrogen) atoms. The first-order chi connectivity index (χ1) is 14.9. The van der Waals surface area contributed by atoms with Gasteiger partial charge in [-0.3, -0.25) is 0 Å². The molecule has 0 amide bonds. The minimum absolute atomic E-state index is 0.713. The van der Waals surface area contributed by atoms with Gasteiger partial charge in [0, 0.05) is 13.1 Å². The molecule has 0 bridgehead atoms. The lowest BCUT2D eigenvalue weighted by molar-refractivity contribution is -0.165. The van der Waals surface area contributed by atoms with Crippen LogP contribution in [0.2, 0.25) is 0 Å². The highest BCUT2D eigenvalue weighted by Crippen LogP contribution is 2.28. The summed E-state index contributed by atoms with van der Waals surface area (Å²) < 4.78 is 0. The number of nitrogens with two attached hydrogens (primary N) is 2. The molecule has 2 aliphatic carbocycles. The zero-order valence-electron chi connectivity index (χ0n) is 19.3. The van der Waals surface area contributed by atoms with Crippen LogP contribution in [0.1, 0.15) is 52.4 Å². The number of carboxylic acids is 2. The Hall–Kier alpha value is -2.26. The predicted octanol–water partition coefficient (Wildman–Crippen LogP) is 2.37. The van der Waals surface area contributed by atoms with Crippen LogP contribution in [-0.2, 0) is 9.59 Å². The lowest BCUT2D eigenvalue weighted by atomic mass is 9.86. The van der Waals surface area contributed by atoms with Gasteiger partial charge in [-0.25, -0.2) is 9.59 Å². The van der Waals surface area contributed by atoms with Crippen LogP contribution in [0.15, 0.2) is 47.6 Å². The van der Waals surface area contributed by atoms with Gasteiger partial charge < -0.3 is 31.9 Å². The highest BCUT2D eigenvalue weighted by molar-refractivity contribution is 5.83. The van der Waals surface area contributed by atoms with Crippen molar-refractivity contribution in [2.75, 3.05) is 13.1 Å². The maximum absolute atomic E-state index is 9.77. The van der Waals surface area contributed by atoms with Crippen molar-refractivity contribution in [3.8, 4) is 0 Å². The van der Waals surface area contributed by atoms with E-state index in [9.17, 15) is 9.59 Å². The first-order valence-corrected chi connectivity index (χ1v) is 10.8. The number of carbonyl (C=O) groups is 2. The zero-order chi connectivity index (χ0) is 24.8. The van der Waals surface area contributed by atoms with Crippen molar-refractivity contribution < 1.29 is 30.0 Å². The topological polar surface area (TPSA) is 167 Å². The van der Waals surface area contributed by atoms with E-state index in [1.54, 1.807) is 0 Å². The molecule has 0 aromatic rings. The molecule has 8 heteroatoms. The van der Waals surface area contributed by atoms with Crippen LogP contribution in [-0.4, -0.2) is 57.7 Å². The maximum Gasteiger partial charge on any atom is 0.335 e. The number of hydrogen-bond acceptors (Lipinski definition) is 6. The molecule has 0 heterocycles. The molecule has 0 fully saturated rings. The van der Waals surface area contributed by atoms with Crippen LogP contribution < -0.4 is 11.5 Å². The van der Waals surface area contributed by atoms with Gasteiger partial charge in [-0.05, 0) is 64.2 Å². The molecule has 4 unspecified atom stereocenters. The van der Waals surface area contributed by atoms with E-state index in [1.165, 1.54) is 48.0 Å². The van der Waals surface area contributed by atoms with Gasteiger partial charge in [0.2, 0.25) is 0 Å². The van der Waals surface area contributed by atoms with Crippen LogP contribution >= 0.6 is 0 Å². The third-order valence-electron chi connectivity index (χ3n) is 5.73. The fraction of sp³-hybridized carbons (Fsp3) is 0.583. The molecule has 0 spiro atoms. The molecule has 0 saturated carbocycles. The summed E-state index contributed by atoms with van der Waals surface area (Å²) in [6.45, 7) is 13.7. The number of allylic oxidation sites excluding steroid dienone is 4. The van der Waals surface area contributed by atoms with E-state index in [-0.39, 0.29) is 0 Å². The van der Waals surface area contributed by atoms with E-state index in [1.807, 2.05) is 0 Å². The molecule has 0 radical (unpaired) electrons. The van der Waals surface area contributed by atoms with Crippen molar-refractivity contribution >= 4 is 11.9 Å². The molecule has 2 rings (SSSR count). The molecule has 182 valence electrons. The molecule has 2 aliphatic rings. The number of aliphatic carboxylic acids is 2. The van der Waals surface area contributed by atoms with Crippen molar-refractivity contribution in [3.05, 3.63) is 47.6 Å². The average molecular weight is 453 g/mol. The van der Waals surface area contributed by atoms with Crippen molar-refractivity contribution in [2.24, 2.45) is 23.3 Å². The third kappa shape index (κ3) is 11.4. The number of aliphatic hydroxyl groups is 2. The van der Waals surface area contributed by atoms with Crippen molar-refractivity contribution in [3.63, 3.8) is 0 Å². The summed E-state index contributed by atoms with van der Waals surface area (Å²) in [6.07, 6.45) is 7.18. The van der Waals surface area contributed by atoms with E-state index in [4.69, 9.17) is 31.9 Å². The molecule has 8 nitrogen and oxygen atoms in total. The second kappa shape index (κ2) is 15.5. The quantitative estimate of drug-likeness (QED) is 0.320. The lowest BCUT2D eigenvalue weighted by Gasteiger charge is -2.21. The van der Waals surface area contributed by atoms with Crippen molar-refractivity contribution in [2.45, 2.75) is 64.6 Å².